The topological polar surface area (TPSA) is 101 Å². The zero-order valence-corrected chi connectivity index (χ0v) is 27.4. The average Bonchev–Trinajstić information content (AvgIpc) is 3.47. The Morgan fingerprint density at radius 1 is 1.14 bits per heavy atom. The summed E-state index contributed by atoms with van der Waals surface area (Å²) in [6.45, 7) is 12.7. The molecule has 1 amide bonds. The predicted octanol–water partition coefficient (Wildman–Crippen LogP) is 6.71. The van der Waals surface area contributed by atoms with Crippen LogP contribution in [0.2, 0.25) is 0 Å². The minimum atomic E-state index is -0.841. The monoisotopic (exact) mass is 591 g/mol. The van der Waals surface area contributed by atoms with Gasteiger partial charge in [0.2, 0.25) is 0 Å². The van der Waals surface area contributed by atoms with Crippen LogP contribution in [0.25, 0.3) is 10.9 Å². The smallest absolute Gasteiger partial charge is 0.303 e. The molecule has 2 saturated carbocycles. The van der Waals surface area contributed by atoms with E-state index in [1.54, 1.807) is 26.1 Å². The van der Waals surface area contributed by atoms with E-state index >= 15 is 0 Å². The fraction of sp³-hybridized carbons (Fsp3) is 0.657. The van der Waals surface area contributed by atoms with E-state index in [9.17, 15) is 14.5 Å². The summed E-state index contributed by atoms with van der Waals surface area (Å²) >= 11 is 0. The molecule has 8 heteroatoms. The Hall–Kier alpha value is -2.68. The van der Waals surface area contributed by atoms with E-state index < -0.39 is 17.3 Å². The Morgan fingerprint density at radius 2 is 1.84 bits per heavy atom. The first-order valence-corrected chi connectivity index (χ1v) is 15.8. The molecule has 1 aromatic carbocycles. The molecule has 6 rings (SSSR count). The highest BCUT2D eigenvalue weighted by Crippen LogP contribution is 2.69. The SMILES string of the molecule is CC(C)C[C@@H](C(=O)N=O)N(C)C.CO[C@]12CC[C@@]3(C)C(CC[C@H]4Cc5c([nH]c6ccccc56)[C@@]43C)C1=CC(=O)C(C)(C)O2. The zero-order valence-electron chi connectivity index (χ0n) is 27.4. The molecule has 3 aliphatic carbocycles. The fourth-order valence-corrected chi connectivity index (χ4v) is 8.87. The molecule has 6 atom stereocenters. The number of methoxy groups -OCH3 is 1. The maximum absolute atomic E-state index is 13.0. The molecule has 0 saturated heterocycles. The van der Waals surface area contributed by atoms with Crippen LogP contribution in [0.4, 0.5) is 0 Å². The fourth-order valence-electron chi connectivity index (χ4n) is 8.87. The number of amides is 1. The number of likely N-dealkylation sites (N-methyl/N-ethyl adjacent to an activating group) is 1. The summed E-state index contributed by atoms with van der Waals surface area (Å²) in [6, 6.07) is 8.37. The van der Waals surface area contributed by atoms with Crippen LogP contribution in [0.5, 0.6) is 0 Å². The number of aromatic nitrogens is 1. The summed E-state index contributed by atoms with van der Waals surface area (Å²) in [5.41, 5.74) is 4.52. The number of ether oxygens (including phenoxy) is 2. The number of carbonyl (C=O) groups excluding carboxylic acids is 2. The van der Waals surface area contributed by atoms with E-state index in [1.807, 2.05) is 33.8 Å². The van der Waals surface area contributed by atoms with E-state index in [1.165, 1.54) is 28.6 Å². The highest BCUT2D eigenvalue weighted by molar-refractivity contribution is 5.98. The van der Waals surface area contributed by atoms with Crippen LogP contribution in [-0.2, 0) is 30.9 Å². The van der Waals surface area contributed by atoms with Crippen LogP contribution < -0.4 is 0 Å². The molecule has 0 bridgehead atoms. The Bertz CT molecular complexity index is 1460. The van der Waals surface area contributed by atoms with Gasteiger partial charge in [0.25, 0.3) is 0 Å². The summed E-state index contributed by atoms with van der Waals surface area (Å²) in [5.74, 6) is 0.0140. The van der Waals surface area contributed by atoms with Gasteiger partial charge in [0.05, 0.1) is 6.04 Å². The van der Waals surface area contributed by atoms with Crippen LogP contribution in [0.3, 0.4) is 0 Å². The number of rotatable bonds is 5. The van der Waals surface area contributed by atoms with Gasteiger partial charge in [-0.25, -0.2) is 0 Å². The second-order valence-electron chi connectivity index (χ2n) is 14.7. The Kier molecular flexibility index (Phi) is 8.15. The number of hydrogen-bond acceptors (Lipinski definition) is 6. The predicted molar refractivity (Wildman–Crippen MR) is 169 cm³/mol. The first-order chi connectivity index (χ1) is 20.1. The molecule has 1 N–H and O–H groups in total. The average molecular weight is 592 g/mol. The van der Waals surface area contributed by atoms with Crippen molar-refractivity contribution in [3.63, 3.8) is 0 Å². The van der Waals surface area contributed by atoms with Gasteiger partial charge in [0, 0.05) is 40.7 Å². The lowest BCUT2D eigenvalue weighted by Gasteiger charge is -2.63. The van der Waals surface area contributed by atoms with Crippen molar-refractivity contribution < 1.29 is 19.1 Å². The lowest BCUT2D eigenvalue weighted by atomic mass is 9.44. The highest BCUT2D eigenvalue weighted by atomic mass is 16.7. The molecule has 234 valence electrons. The van der Waals surface area contributed by atoms with Crippen molar-refractivity contribution in [3.8, 4) is 0 Å². The quantitative estimate of drug-likeness (QED) is 0.388. The van der Waals surface area contributed by atoms with Crippen LogP contribution in [0, 0.1) is 28.1 Å². The Labute approximate surface area is 255 Å². The van der Waals surface area contributed by atoms with Gasteiger partial charge in [-0.1, -0.05) is 45.9 Å². The van der Waals surface area contributed by atoms with Gasteiger partial charge in [-0.15, -0.1) is 4.91 Å². The summed E-state index contributed by atoms with van der Waals surface area (Å²) in [6.07, 6.45) is 7.79. The van der Waals surface area contributed by atoms with Crippen molar-refractivity contribution in [1.82, 2.24) is 9.88 Å². The maximum atomic E-state index is 13.0. The number of nitroso groups, excluding NO2 is 1. The van der Waals surface area contributed by atoms with Crippen LogP contribution in [0.15, 0.2) is 41.1 Å². The number of fused-ring (bicyclic) bond motifs is 9. The lowest BCUT2D eigenvalue weighted by Crippen LogP contribution is -2.63. The molecule has 1 aromatic heterocycles. The van der Waals surface area contributed by atoms with Gasteiger partial charge in [0.1, 0.15) is 5.60 Å². The number of carbonyl (C=O) groups is 2. The van der Waals surface area contributed by atoms with Gasteiger partial charge >= 0.3 is 5.91 Å². The molecular formula is C35H49N3O5. The second kappa shape index (κ2) is 11.0. The molecule has 0 spiro atoms. The summed E-state index contributed by atoms with van der Waals surface area (Å²) < 4.78 is 12.5. The van der Waals surface area contributed by atoms with Gasteiger partial charge in [-0.05, 0) is 106 Å². The standard InChI is InChI=1S/C27H33NO3.C8H16N2O2/c1-24(2)22(29)15-20-19-11-10-16-14-18-17-8-6-7-9-21(17)28-23(18)26(16,4)25(19,3)12-13-27(20,30-5)31-24;1-6(2)5-7(10(3)4)8(11)9-12/h6-9,15-16,19,28H,10-14H2,1-5H3;6-7H,5H2,1-4H3/t16-,19?,25-,26+,27-;7-/m00/s1. The minimum Gasteiger partial charge on any atom is -0.358 e. The molecule has 2 fully saturated rings. The molecule has 43 heavy (non-hydrogen) atoms. The first kappa shape index (κ1) is 31.7. The summed E-state index contributed by atoms with van der Waals surface area (Å²) in [7, 11) is 5.29. The second-order valence-corrected chi connectivity index (χ2v) is 14.7. The van der Waals surface area contributed by atoms with E-state index in [0.29, 0.717) is 18.3 Å². The van der Waals surface area contributed by atoms with Gasteiger partial charge in [-0.2, -0.15) is 0 Å². The van der Waals surface area contributed by atoms with Crippen molar-refractivity contribution in [2.24, 2.45) is 28.3 Å². The third kappa shape index (κ3) is 4.84. The maximum Gasteiger partial charge on any atom is 0.303 e. The molecule has 2 aromatic rings. The van der Waals surface area contributed by atoms with Crippen molar-refractivity contribution in [3.05, 3.63) is 52.1 Å². The van der Waals surface area contributed by atoms with E-state index in [4.69, 9.17) is 9.47 Å². The molecule has 1 unspecified atom stereocenters. The molecule has 4 aliphatic rings. The lowest BCUT2D eigenvalue weighted by molar-refractivity contribution is -0.273. The Morgan fingerprint density at radius 3 is 2.47 bits per heavy atom. The number of benzene rings is 1. The molecule has 8 nitrogen and oxygen atoms in total. The first-order valence-electron chi connectivity index (χ1n) is 15.8. The third-order valence-electron chi connectivity index (χ3n) is 11.5. The van der Waals surface area contributed by atoms with E-state index in [0.717, 1.165) is 31.3 Å². The molecule has 0 radical (unpaired) electrons. The number of hydrogen-bond donors (Lipinski definition) is 1. The van der Waals surface area contributed by atoms with Gasteiger partial charge in [-0.3, -0.25) is 14.5 Å². The molecule has 1 aliphatic heterocycles. The van der Waals surface area contributed by atoms with Gasteiger partial charge < -0.3 is 14.5 Å². The number of ketones is 1. The number of H-pyrrole nitrogens is 1. The van der Waals surface area contributed by atoms with E-state index in [-0.39, 0.29) is 28.6 Å². The van der Waals surface area contributed by atoms with E-state index in [2.05, 4.69) is 48.3 Å². The van der Waals surface area contributed by atoms with Crippen LogP contribution >= 0.6 is 0 Å². The summed E-state index contributed by atoms with van der Waals surface area (Å²) in [5, 5.41) is 3.81. The number of nitrogens with zero attached hydrogens (tertiary/aromatic N) is 2. The molecule has 2 heterocycles. The minimum absolute atomic E-state index is 0.0427. The van der Waals surface area contributed by atoms with Crippen LogP contribution in [-0.4, -0.2) is 60.2 Å². The highest BCUT2D eigenvalue weighted by Gasteiger charge is 2.67. The van der Waals surface area contributed by atoms with Crippen LogP contribution in [0.1, 0.15) is 84.9 Å². The van der Waals surface area contributed by atoms with Crippen molar-refractivity contribution in [2.75, 3.05) is 21.2 Å². The number of nitrogens with one attached hydrogen (secondary N) is 1. The number of aromatic amines is 1. The zero-order chi connectivity index (χ0) is 31.5. The van der Waals surface area contributed by atoms with Gasteiger partial charge in [0.15, 0.2) is 11.6 Å². The number of para-hydroxylation sites is 1. The van der Waals surface area contributed by atoms with Crippen molar-refractivity contribution in [2.45, 2.75) is 103 Å². The largest absolute Gasteiger partial charge is 0.358 e. The summed E-state index contributed by atoms with van der Waals surface area (Å²) in [4.78, 5) is 39.5. The third-order valence-corrected chi connectivity index (χ3v) is 11.5. The normalized spacial score (nSPS) is 33.1. The Balaban J connectivity index is 0.000000263. The van der Waals surface area contributed by atoms with Crippen molar-refractivity contribution in [1.29, 1.82) is 0 Å². The molecular weight excluding hydrogens is 542 g/mol. The van der Waals surface area contributed by atoms with Crippen molar-refractivity contribution >= 4 is 22.6 Å².